The van der Waals surface area contributed by atoms with Crippen LogP contribution in [0.5, 0.6) is 0 Å². The Morgan fingerprint density at radius 1 is 1.64 bits per heavy atom. The van der Waals surface area contributed by atoms with Gasteiger partial charge >= 0.3 is 0 Å². The SMILES string of the molecule is CN(C)CCn1nccc1I. The number of hydrogen-bond donors (Lipinski definition) is 0. The first-order valence-electron chi connectivity index (χ1n) is 3.52. The van der Waals surface area contributed by atoms with Gasteiger partial charge in [-0.2, -0.15) is 5.10 Å². The van der Waals surface area contributed by atoms with Crippen LogP contribution in [0.3, 0.4) is 0 Å². The van der Waals surface area contributed by atoms with Gasteiger partial charge in [-0.05, 0) is 42.8 Å². The summed E-state index contributed by atoms with van der Waals surface area (Å²) in [5, 5.41) is 4.17. The fourth-order valence-corrected chi connectivity index (χ4v) is 1.30. The summed E-state index contributed by atoms with van der Waals surface area (Å²) in [5.74, 6) is 0. The lowest BCUT2D eigenvalue weighted by Gasteiger charge is -2.09. The Balaban J connectivity index is 2.44. The van der Waals surface area contributed by atoms with Gasteiger partial charge in [-0.1, -0.05) is 0 Å². The average molecular weight is 265 g/mol. The van der Waals surface area contributed by atoms with E-state index in [-0.39, 0.29) is 0 Å². The van der Waals surface area contributed by atoms with Gasteiger partial charge in [0.2, 0.25) is 0 Å². The second-order valence-corrected chi connectivity index (χ2v) is 3.79. The van der Waals surface area contributed by atoms with E-state index < -0.39 is 0 Å². The summed E-state index contributed by atoms with van der Waals surface area (Å²) < 4.78 is 3.20. The van der Waals surface area contributed by atoms with Crippen molar-refractivity contribution in [2.24, 2.45) is 0 Å². The van der Waals surface area contributed by atoms with E-state index in [4.69, 9.17) is 0 Å². The molecular formula is C7H12IN3. The van der Waals surface area contributed by atoms with Crippen LogP contribution in [0.4, 0.5) is 0 Å². The highest BCUT2D eigenvalue weighted by atomic mass is 127. The third-order valence-electron chi connectivity index (χ3n) is 1.42. The number of hydrogen-bond acceptors (Lipinski definition) is 2. The Morgan fingerprint density at radius 3 is 2.82 bits per heavy atom. The van der Waals surface area contributed by atoms with Gasteiger partial charge in [0.1, 0.15) is 0 Å². The Hall–Kier alpha value is -0.100. The van der Waals surface area contributed by atoms with E-state index in [1.54, 1.807) is 0 Å². The summed E-state index contributed by atoms with van der Waals surface area (Å²) in [4.78, 5) is 2.15. The topological polar surface area (TPSA) is 21.1 Å². The van der Waals surface area contributed by atoms with E-state index in [9.17, 15) is 0 Å². The zero-order chi connectivity index (χ0) is 8.27. The van der Waals surface area contributed by atoms with Crippen LogP contribution in [0.25, 0.3) is 0 Å². The quantitative estimate of drug-likeness (QED) is 0.762. The van der Waals surface area contributed by atoms with Crippen molar-refractivity contribution in [3.8, 4) is 0 Å². The van der Waals surface area contributed by atoms with Crippen molar-refractivity contribution in [3.05, 3.63) is 16.0 Å². The first-order valence-corrected chi connectivity index (χ1v) is 4.60. The summed E-state index contributed by atoms with van der Waals surface area (Å²) in [5.41, 5.74) is 0. The van der Waals surface area contributed by atoms with Gasteiger partial charge in [-0.15, -0.1) is 0 Å². The van der Waals surface area contributed by atoms with E-state index in [1.165, 1.54) is 3.70 Å². The van der Waals surface area contributed by atoms with E-state index in [0.29, 0.717) is 0 Å². The molecule has 0 bridgehead atoms. The molecule has 0 radical (unpaired) electrons. The molecule has 0 unspecified atom stereocenters. The van der Waals surface area contributed by atoms with Crippen LogP contribution in [0.2, 0.25) is 0 Å². The molecule has 4 heteroatoms. The van der Waals surface area contributed by atoms with Gasteiger partial charge in [0.15, 0.2) is 0 Å². The molecule has 0 atom stereocenters. The molecule has 0 fully saturated rings. The monoisotopic (exact) mass is 265 g/mol. The molecule has 0 aliphatic heterocycles. The Kier molecular flexibility index (Phi) is 3.32. The summed E-state index contributed by atoms with van der Waals surface area (Å²) in [6, 6.07) is 2.01. The highest BCUT2D eigenvalue weighted by molar-refractivity contribution is 14.1. The molecule has 0 aliphatic rings. The molecule has 0 spiro atoms. The van der Waals surface area contributed by atoms with E-state index in [1.807, 2.05) is 16.9 Å². The van der Waals surface area contributed by atoms with Gasteiger partial charge in [0, 0.05) is 6.54 Å². The highest BCUT2D eigenvalue weighted by Crippen LogP contribution is 2.01. The Morgan fingerprint density at radius 2 is 2.36 bits per heavy atom. The van der Waals surface area contributed by atoms with E-state index in [2.05, 4.69) is 46.7 Å². The average Bonchev–Trinajstić information content (AvgIpc) is 2.31. The molecule has 1 aromatic heterocycles. The van der Waals surface area contributed by atoms with E-state index >= 15 is 0 Å². The largest absolute Gasteiger partial charge is 0.308 e. The fourth-order valence-electron chi connectivity index (χ4n) is 0.776. The zero-order valence-electron chi connectivity index (χ0n) is 6.79. The lowest BCUT2D eigenvalue weighted by atomic mass is 10.6. The Bertz CT molecular complexity index is 219. The van der Waals surface area contributed by atoms with Crippen molar-refractivity contribution in [2.75, 3.05) is 20.6 Å². The number of halogens is 1. The first-order chi connectivity index (χ1) is 5.20. The van der Waals surface area contributed by atoms with Gasteiger partial charge in [0.25, 0.3) is 0 Å². The summed E-state index contributed by atoms with van der Waals surface area (Å²) in [6.07, 6.45) is 1.83. The van der Waals surface area contributed by atoms with E-state index in [0.717, 1.165) is 13.1 Å². The number of nitrogens with zero attached hydrogens (tertiary/aromatic N) is 3. The maximum Gasteiger partial charge on any atom is 0.0989 e. The molecule has 1 rings (SSSR count). The second kappa shape index (κ2) is 4.06. The van der Waals surface area contributed by atoms with Crippen molar-refractivity contribution in [2.45, 2.75) is 6.54 Å². The first kappa shape index (κ1) is 8.99. The molecular weight excluding hydrogens is 253 g/mol. The van der Waals surface area contributed by atoms with Crippen molar-refractivity contribution in [3.63, 3.8) is 0 Å². The number of rotatable bonds is 3. The van der Waals surface area contributed by atoms with Crippen molar-refractivity contribution >= 4 is 22.6 Å². The minimum Gasteiger partial charge on any atom is -0.308 e. The lowest BCUT2D eigenvalue weighted by Crippen LogP contribution is -2.19. The van der Waals surface area contributed by atoms with Crippen LogP contribution in [0, 0.1) is 3.70 Å². The summed E-state index contributed by atoms with van der Waals surface area (Å²) in [6.45, 7) is 2.01. The zero-order valence-corrected chi connectivity index (χ0v) is 8.95. The van der Waals surface area contributed by atoms with Gasteiger partial charge in [-0.25, -0.2) is 0 Å². The van der Waals surface area contributed by atoms with Crippen LogP contribution in [0.1, 0.15) is 0 Å². The van der Waals surface area contributed by atoms with Gasteiger partial charge in [-0.3, -0.25) is 4.68 Å². The lowest BCUT2D eigenvalue weighted by molar-refractivity contribution is 0.371. The summed E-state index contributed by atoms with van der Waals surface area (Å²) >= 11 is 2.28. The normalized spacial score (nSPS) is 10.9. The molecule has 0 N–H and O–H groups in total. The third-order valence-corrected chi connectivity index (χ3v) is 2.34. The number of aromatic nitrogens is 2. The maximum atomic E-state index is 4.17. The smallest absolute Gasteiger partial charge is 0.0989 e. The molecule has 3 nitrogen and oxygen atoms in total. The molecule has 0 saturated heterocycles. The maximum absolute atomic E-state index is 4.17. The molecule has 1 aromatic rings. The van der Waals surface area contributed by atoms with Crippen molar-refractivity contribution in [1.82, 2.24) is 14.7 Å². The van der Waals surface area contributed by atoms with Gasteiger partial charge in [0.05, 0.1) is 16.4 Å². The summed E-state index contributed by atoms with van der Waals surface area (Å²) in [7, 11) is 4.13. The Labute approximate surface area is 80.5 Å². The predicted molar refractivity (Wildman–Crippen MR) is 53.5 cm³/mol. The fraction of sp³-hybridized carbons (Fsp3) is 0.571. The van der Waals surface area contributed by atoms with Crippen molar-refractivity contribution < 1.29 is 0 Å². The minimum atomic E-state index is 0.971. The molecule has 0 aliphatic carbocycles. The van der Waals surface area contributed by atoms with Crippen LogP contribution in [0.15, 0.2) is 12.3 Å². The third kappa shape index (κ3) is 2.78. The molecule has 0 aromatic carbocycles. The molecule has 0 amide bonds. The van der Waals surface area contributed by atoms with Crippen LogP contribution >= 0.6 is 22.6 Å². The minimum absolute atomic E-state index is 0.971. The van der Waals surface area contributed by atoms with Crippen LogP contribution in [-0.2, 0) is 6.54 Å². The van der Waals surface area contributed by atoms with Gasteiger partial charge < -0.3 is 4.90 Å². The predicted octanol–water partition coefficient (Wildman–Crippen LogP) is 1.05. The van der Waals surface area contributed by atoms with Crippen molar-refractivity contribution in [1.29, 1.82) is 0 Å². The standard InChI is InChI=1S/C7H12IN3/c1-10(2)5-6-11-7(8)3-4-9-11/h3-4H,5-6H2,1-2H3. The highest BCUT2D eigenvalue weighted by Gasteiger charge is 1.97. The van der Waals surface area contributed by atoms with Crippen LogP contribution in [-0.4, -0.2) is 35.3 Å². The molecule has 1 heterocycles. The molecule has 62 valence electrons. The number of likely N-dealkylation sites (N-methyl/N-ethyl adjacent to an activating group) is 1. The molecule has 0 saturated carbocycles. The second-order valence-electron chi connectivity index (χ2n) is 2.68. The molecule has 11 heavy (non-hydrogen) atoms. The van der Waals surface area contributed by atoms with Crippen LogP contribution < -0.4 is 0 Å².